The highest BCUT2D eigenvalue weighted by Gasteiger charge is 1.77. The van der Waals surface area contributed by atoms with E-state index in [9.17, 15) is 0 Å². The van der Waals surface area contributed by atoms with Crippen LogP contribution in [0.4, 0.5) is 0 Å². The van der Waals surface area contributed by atoms with Crippen molar-refractivity contribution in [3.63, 3.8) is 0 Å². The summed E-state index contributed by atoms with van der Waals surface area (Å²) >= 11 is 0. The number of rotatable bonds is 4. The van der Waals surface area contributed by atoms with Crippen LogP contribution in [-0.4, -0.2) is 13.1 Å². The second kappa shape index (κ2) is 29.8. The van der Waals surface area contributed by atoms with Gasteiger partial charge in [-0.25, -0.2) is 0 Å². The molecule has 0 aromatic heterocycles. The molecule has 0 saturated carbocycles. The van der Waals surface area contributed by atoms with Gasteiger partial charge in [-0.2, -0.15) is 0 Å². The predicted molar refractivity (Wildman–Crippen MR) is 87.2 cm³/mol. The van der Waals surface area contributed by atoms with Crippen molar-refractivity contribution in [2.45, 2.75) is 60.8 Å². The molecule has 0 heterocycles. The molecule has 0 fully saturated rings. The van der Waals surface area contributed by atoms with Crippen molar-refractivity contribution in [2.75, 3.05) is 13.1 Å². The normalized spacial score (nSPS) is 7.67. The summed E-state index contributed by atoms with van der Waals surface area (Å²) in [5, 5.41) is 3.25. The van der Waals surface area contributed by atoms with Gasteiger partial charge in [-0.15, -0.1) is 0 Å². The van der Waals surface area contributed by atoms with Crippen LogP contribution in [0.5, 0.6) is 0 Å². The summed E-state index contributed by atoms with van der Waals surface area (Å²) in [6, 6.07) is 12.0. The minimum Gasteiger partial charge on any atom is -0.317 e. The molecule has 0 unspecified atom stereocenters. The van der Waals surface area contributed by atoms with E-state index in [0.717, 1.165) is 6.54 Å². The van der Waals surface area contributed by atoms with Gasteiger partial charge < -0.3 is 5.32 Å². The van der Waals surface area contributed by atoms with Crippen molar-refractivity contribution in [1.82, 2.24) is 5.32 Å². The lowest BCUT2D eigenvalue weighted by molar-refractivity contribution is 0.663. The van der Waals surface area contributed by atoms with Crippen LogP contribution >= 0.6 is 0 Å². The monoisotopic (exact) mass is 253 g/mol. The molecule has 108 valence electrons. The third-order valence-corrected chi connectivity index (χ3v) is 1.62. The molecule has 0 amide bonds. The quantitative estimate of drug-likeness (QED) is 0.696. The number of unbranched alkanes of at least 4 members (excludes halogenated alkanes) is 1. The van der Waals surface area contributed by atoms with Gasteiger partial charge in [-0.3, -0.25) is 0 Å². The molecular weight excluding hydrogens is 218 g/mol. The van der Waals surface area contributed by atoms with E-state index in [2.05, 4.69) is 33.0 Å². The molecule has 0 aliphatic rings. The van der Waals surface area contributed by atoms with Crippen molar-refractivity contribution in [2.24, 2.45) is 0 Å². The SMILES string of the molecule is CC.CCC.CCCCNCC.c1ccccc1. The zero-order valence-electron chi connectivity index (χ0n) is 13.5. The second-order valence-corrected chi connectivity index (χ2v) is 3.57. The first kappa shape index (κ1) is 22.4. The number of hydrogen-bond acceptors (Lipinski definition) is 1. The van der Waals surface area contributed by atoms with Crippen LogP contribution in [0.3, 0.4) is 0 Å². The molecule has 18 heavy (non-hydrogen) atoms. The summed E-state index contributed by atoms with van der Waals surface area (Å²) < 4.78 is 0. The van der Waals surface area contributed by atoms with Gasteiger partial charge in [0.05, 0.1) is 0 Å². The van der Waals surface area contributed by atoms with Crippen LogP contribution in [0.25, 0.3) is 0 Å². The Morgan fingerprint density at radius 2 is 1.06 bits per heavy atom. The van der Waals surface area contributed by atoms with E-state index < -0.39 is 0 Å². The Morgan fingerprint density at radius 3 is 1.28 bits per heavy atom. The van der Waals surface area contributed by atoms with Gasteiger partial charge in [-0.05, 0) is 19.5 Å². The van der Waals surface area contributed by atoms with Crippen LogP contribution in [0.2, 0.25) is 0 Å². The summed E-state index contributed by atoms with van der Waals surface area (Å²) in [5.74, 6) is 0. The first-order chi connectivity index (χ1) is 8.83. The van der Waals surface area contributed by atoms with Crippen molar-refractivity contribution in [1.29, 1.82) is 0 Å². The Bertz CT molecular complexity index is 142. The third kappa shape index (κ3) is 36.2. The van der Waals surface area contributed by atoms with Crippen LogP contribution < -0.4 is 5.32 Å². The fraction of sp³-hybridized carbons (Fsp3) is 0.647. The molecule has 0 atom stereocenters. The number of benzene rings is 1. The van der Waals surface area contributed by atoms with E-state index in [1.165, 1.54) is 25.8 Å². The molecule has 1 rings (SSSR count). The van der Waals surface area contributed by atoms with E-state index >= 15 is 0 Å². The fourth-order valence-corrected chi connectivity index (χ4v) is 0.863. The van der Waals surface area contributed by atoms with Gasteiger partial charge in [0, 0.05) is 0 Å². The van der Waals surface area contributed by atoms with E-state index in [4.69, 9.17) is 0 Å². The van der Waals surface area contributed by atoms with E-state index in [1.807, 2.05) is 50.2 Å². The first-order valence-corrected chi connectivity index (χ1v) is 7.54. The molecule has 0 radical (unpaired) electrons. The van der Waals surface area contributed by atoms with Crippen molar-refractivity contribution < 1.29 is 0 Å². The first-order valence-electron chi connectivity index (χ1n) is 7.54. The summed E-state index contributed by atoms with van der Waals surface area (Å²) in [6.45, 7) is 14.9. The average Bonchev–Trinajstić information content (AvgIpc) is 2.45. The molecular formula is C17H35N. The molecule has 1 aromatic carbocycles. The standard InChI is InChI=1S/C6H15N.C6H6.C3H8.C2H6/c1-3-5-6-7-4-2;1-2-4-6-5-3-1;1-3-2;1-2/h7H,3-6H2,1-2H3;1-6H;3H2,1-2H3;1-2H3. The Labute approximate surface area is 116 Å². The Morgan fingerprint density at radius 1 is 0.722 bits per heavy atom. The number of hydrogen-bond donors (Lipinski definition) is 1. The highest BCUT2D eigenvalue weighted by Crippen LogP contribution is 1.80. The average molecular weight is 253 g/mol. The largest absolute Gasteiger partial charge is 0.317 e. The molecule has 0 saturated heterocycles. The van der Waals surface area contributed by atoms with Crippen molar-refractivity contribution in [3.05, 3.63) is 36.4 Å². The summed E-state index contributed by atoms with van der Waals surface area (Å²) in [5.41, 5.74) is 0. The lowest BCUT2D eigenvalue weighted by Crippen LogP contribution is -2.13. The third-order valence-electron chi connectivity index (χ3n) is 1.62. The van der Waals surface area contributed by atoms with Crippen molar-refractivity contribution >= 4 is 0 Å². The molecule has 0 aliphatic carbocycles. The zero-order valence-corrected chi connectivity index (χ0v) is 13.5. The van der Waals surface area contributed by atoms with Crippen LogP contribution in [0.15, 0.2) is 36.4 Å². The Kier molecular flexibility index (Phi) is 37.1. The molecule has 0 aliphatic heterocycles. The molecule has 0 spiro atoms. The smallest absolute Gasteiger partial charge is 0.00491 e. The van der Waals surface area contributed by atoms with Gasteiger partial charge in [0.1, 0.15) is 0 Å². The predicted octanol–water partition coefficient (Wildman–Crippen LogP) is 5.53. The topological polar surface area (TPSA) is 12.0 Å². The minimum atomic E-state index is 1.11. The highest BCUT2D eigenvalue weighted by atomic mass is 14.8. The van der Waals surface area contributed by atoms with Crippen molar-refractivity contribution in [3.8, 4) is 0 Å². The molecule has 1 aromatic rings. The molecule has 1 nitrogen and oxygen atoms in total. The van der Waals surface area contributed by atoms with Gasteiger partial charge in [-0.1, -0.05) is 90.8 Å². The summed E-state index contributed by atoms with van der Waals surface area (Å²) in [7, 11) is 0. The molecule has 1 heteroatoms. The zero-order chi connectivity index (χ0) is 14.5. The van der Waals surface area contributed by atoms with Crippen LogP contribution in [-0.2, 0) is 0 Å². The summed E-state index contributed by atoms with van der Waals surface area (Å²) in [6.07, 6.45) is 3.86. The number of nitrogens with one attached hydrogen (secondary N) is 1. The van der Waals surface area contributed by atoms with Gasteiger partial charge in [0.25, 0.3) is 0 Å². The fourth-order valence-electron chi connectivity index (χ4n) is 0.863. The maximum absolute atomic E-state index is 3.25. The molecule has 0 bridgehead atoms. The maximum Gasteiger partial charge on any atom is -0.00491 e. The van der Waals surface area contributed by atoms with Crippen LogP contribution in [0, 0.1) is 0 Å². The maximum atomic E-state index is 3.25. The van der Waals surface area contributed by atoms with Gasteiger partial charge >= 0.3 is 0 Å². The van der Waals surface area contributed by atoms with E-state index in [0.29, 0.717) is 0 Å². The van der Waals surface area contributed by atoms with Crippen LogP contribution in [0.1, 0.15) is 60.8 Å². The molecule has 1 N–H and O–H groups in total. The Balaban J connectivity index is -0.000000186. The minimum absolute atomic E-state index is 1.11. The second-order valence-electron chi connectivity index (χ2n) is 3.57. The summed E-state index contributed by atoms with van der Waals surface area (Å²) in [4.78, 5) is 0. The van der Waals surface area contributed by atoms with E-state index in [1.54, 1.807) is 0 Å². The van der Waals surface area contributed by atoms with Gasteiger partial charge in [0.2, 0.25) is 0 Å². The lowest BCUT2D eigenvalue weighted by atomic mass is 10.3. The highest BCUT2D eigenvalue weighted by molar-refractivity contribution is 4.99. The van der Waals surface area contributed by atoms with E-state index in [-0.39, 0.29) is 0 Å². The van der Waals surface area contributed by atoms with Gasteiger partial charge in [0.15, 0.2) is 0 Å². The Hall–Kier alpha value is -0.820. The lowest BCUT2D eigenvalue weighted by Gasteiger charge is -1.95.